The lowest BCUT2D eigenvalue weighted by molar-refractivity contribution is -0.868. The Balaban J connectivity index is 2.65. The second kappa shape index (κ2) is 4.86. The number of nitrogens with one attached hydrogen (secondary N) is 1. The van der Waals surface area contributed by atoms with Crippen molar-refractivity contribution in [2.24, 2.45) is 0 Å². The number of rotatable bonds is 4. The third-order valence-corrected chi connectivity index (χ3v) is 2.26. The number of nitrogens with zero attached hydrogens (tertiary/aromatic N) is 2. The molecule has 16 heavy (non-hydrogen) atoms. The zero-order chi connectivity index (χ0) is 12.2. The van der Waals surface area contributed by atoms with Crippen molar-refractivity contribution in [3.8, 4) is 6.07 Å². The molecule has 0 fully saturated rings. The standard InChI is InChI=1S/C12H19N4/c1-16(2,3)7-6-15-12-5-4-11(14)8-10(12)9-13/h4-5,8,15H,6-7,14H2,1-3H3/q+1. The summed E-state index contributed by atoms with van der Waals surface area (Å²) in [6.45, 7) is 1.83. The van der Waals surface area contributed by atoms with Crippen LogP contribution in [0.4, 0.5) is 11.4 Å². The van der Waals surface area contributed by atoms with Gasteiger partial charge in [-0.1, -0.05) is 0 Å². The maximum atomic E-state index is 8.95. The van der Waals surface area contributed by atoms with Gasteiger partial charge in [-0.05, 0) is 18.2 Å². The Morgan fingerprint density at radius 3 is 2.62 bits per heavy atom. The molecule has 0 aliphatic rings. The molecule has 1 rings (SSSR count). The predicted molar refractivity (Wildman–Crippen MR) is 67.0 cm³/mol. The lowest BCUT2D eigenvalue weighted by atomic mass is 10.1. The zero-order valence-corrected chi connectivity index (χ0v) is 10.1. The first-order valence-electron chi connectivity index (χ1n) is 5.26. The summed E-state index contributed by atoms with van der Waals surface area (Å²) in [6.07, 6.45) is 0. The number of quaternary nitrogens is 1. The average molecular weight is 219 g/mol. The van der Waals surface area contributed by atoms with Crippen molar-refractivity contribution >= 4 is 11.4 Å². The number of benzene rings is 1. The largest absolute Gasteiger partial charge is 0.399 e. The normalized spacial score (nSPS) is 10.9. The summed E-state index contributed by atoms with van der Waals surface area (Å²) < 4.78 is 0.893. The number of nitrogens with two attached hydrogens (primary N) is 1. The first kappa shape index (κ1) is 12.3. The van der Waals surface area contributed by atoms with Gasteiger partial charge in [0.15, 0.2) is 0 Å². The van der Waals surface area contributed by atoms with Crippen LogP contribution in [0.15, 0.2) is 18.2 Å². The Morgan fingerprint density at radius 1 is 1.38 bits per heavy atom. The van der Waals surface area contributed by atoms with Crippen LogP contribution >= 0.6 is 0 Å². The number of nitrogen functional groups attached to an aromatic ring is 1. The van der Waals surface area contributed by atoms with Crippen LogP contribution in [-0.2, 0) is 0 Å². The number of likely N-dealkylation sites (N-methyl/N-ethyl adjacent to an activating group) is 1. The SMILES string of the molecule is C[N+](C)(C)CCNc1ccc(N)cc1C#N. The molecule has 4 heteroatoms. The monoisotopic (exact) mass is 219 g/mol. The number of anilines is 2. The Hall–Kier alpha value is -1.73. The van der Waals surface area contributed by atoms with Gasteiger partial charge in [-0.2, -0.15) is 5.26 Å². The highest BCUT2D eigenvalue weighted by atomic mass is 15.3. The van der Waals surface area contributed by atoms with Crippen LogP contribution in [0.1, 0.15) is 5.56 Å². The van der Waals surface area contributed by atoms with Crippen molar-refractivity contribution in [1.29, 1.82) is 5.26 Å². The van der Waals surface area contributed by atoms with E-state index in [1.807, 2.05) is 6.07 Å². The molecule has 1 aromatic rings. The van der Waals surface area contributed by atoms with E-state index in [0.717, 1.165) is 23.3 Å². The van der Waals surface area contributed by atoms with Crippen molar-refractivity contribution in [2.75, 3.05) is 45.3 Å². The van der Waals surface area contributed by atoms with Gasteiger partial charge in [0, 0.05) is 5.69 Å². The van der Waals surface area contributed by atoms with Crippen molar-refractivity contribution in [1.82, 2.24) is 0 Å². The molecule has 0 aliphatic carbocycles. The summed E-state index contributed by atoms with van der Waals surface area (Å²) in [5, 5.41) is 12.2. The topological polar surface area (TPSA) is 61.8 Å². The third kappa shape index (κ3) is 3.79. The van der Waals surface area contributed by atoms with E-state index >= 15 is 0 Å². The first-order chi connectivity index (χ1) is 7.42. The molecule has 86 valence electrons. The first-order valence-corrected chi connectivity index (χ1v) is 5.26. The van der Waals surface area contributed by atoms with Crippen LogP contribution in [0.5, 0.6) is 0 Å². The average Bonchev–Trinajstić information content (AvgIpc) is 2.18. The number of nitriles is 1. The van der Waals surface area contributed by atoms with Crippen molar-refractivity contribution < 1.29 is 4.48 Å². The maximum absolute atomic E-state index is 8.95. The minimum absolute atomic E-state index is 0.599. The quantitative estimate of drug-likeness (QED) is 0.592. The van der Waals surface area contributed by atoms with E-state index in [0.29, 0.717) is 11.3 Å². The van der Waals surface area contributed by atoms with Crippen LogP contribution in [0.3, 0.4) is 0 Å². The van der Waals surface area contributed by atoms with Gasteiger partial charge in [0.2, 0.25) is 0 Å². The van der Waals surface area contributed by atoms with Crippen LogP contribution in [0, 0.1) is 11.3 Å². The maximum Gasteiger partial charge on any atom is 0.101 e. The molecule has 0 atom stereocenters. The van der Waals surface area contributed by atoms with Gasteiger partial charge in [-0.15, -0.1) is 0 Å². The van der Waals surface area contributed by atoms with Crippen LogP contribution in [0.2, 0.25) is 0 Å². The molecule has 0 heterocycles. The summed E-state index contributed by atoms with van der Waals surface area (Å²) in [7, 11) is 6.40. The zero-order valence-electron chi connectivity index (χ0n) is 10.1. The van der Waals surface area contributed by atoms with Gasteiger partial charge >= 0.3 is 0 Å². The van der Waals surface area contributed by atoms with E-state index in [1.165, 1.54) is 0 Å². The summed E-state index contributed by atoms with van der Waals surface area (Å²) in [5.74, 6) is 0. The smallest absolute Gasteiger partial charge is 0.101 e. The fourth-order valence-corrected chi connectivity index (χ4v) is 1.33. The van der Waals surface area contributed by atoms with Crippen LogP contribution < -0.4 is 11.1 Å². The minimum atomic E-state index is 0.599. The lowest BCUT2D eigenvalue weighted by Gasteiger charge is -2.24. The van der Waals surface area contributed by atoms with E-state index in [-0.39, 0.29) is 0 Å². The molecular weight excluding hydrogens is 200 g/mol. The summed E-state index contributed by atoms with van der Waals surface area (Å²) in [6, 6.07) is 7.48. The molecule has 0 radical (unpaired) electrons. The second-order valence-electron chi connectivity index (χ2n) is 4.86. The van der Waals surface area contributed by atoms with Crippen LogP contribution in [-0.4, -0.2) is 38.7 Å². The lowest BCUT2D eigenvalue weighted by Crippen LogP contribution is -2.38. The highest BCUT2D eigenvalue weighted by molar-refractivity contribution is 5.62. The molecule has 0 spiro atoms. The Morgan fingerprint density at radius 2 is 2.06 bits per heavy atom. The fraction of sp³-hybridized carbons (Fsp3) is 0.417. The van der Waals surface area contributed by atoms with Gasteiger partial charge in [-0.3, -0.25) is 0 Å². The molecule has 0 saturated carbocycles. The fourth-order valence-electron chi connectivity index (χ4n) is 1.33. The molecule has 4 nitrogen and oxygen atoms in total. The van der Waals surface area contributed by atoms with Crippen molar-refractivity contribution in [3.63, 3.8) is 0 Å². The molecular formula is C12H19N4+. The van der Waals surface area contributed by atoms with E-state index in [1.54, 1.807) is 12.1 Å². The van der Waals surface area contributed by atoms with Crippen molar-refractivity contribution in [3.05, 3.63) is 23.8 Å². The summed E-state index contributed by atoms with van der Waals surface area (Å²) in [4.78, 5) is 0. The Kier molecular flexibility index (Phi) is 3.75. The third-order valence-electron chi connectivity index (χ3n) is 2.26. The minimum Gasteiger partial charge on any atom is -0.399 e. The molecule has 0 bridgehead atoms. The predicted octanol–water partition coefficient (Wildman–Crippen LogP) is 1.26. The second-order valence-corrected chi connectivity index (χ2v) is 4.86. The molecule has 0 aromatic heterocycles. The molecule has 0 saturated heterocycles. The van der Waals surface area contributed by atoms with E-state index in [9.17, 15) is 0 Å². The molecule has 1 aromatic carbocycles. The highest BCUT2D eigenvalue weighted by Crippen LogP contribution is 2.17. The molecule has 3 N–H and O–H groups in total. The van der Waals surface area contributed by atoms with E-state index < -0.39 is 0 Å². The van der Waals surface area contributed by atoms with Gasteiger partial charge in [0.25, 0.3) is 0 Å². The summed E-state index contributed by atoms with van der Waals surface area (Å²) >= 11 is 0. The Labute approximate surface area is 96.9 Å². The Bertz CT molecular complexity index is 398. The number of hydrogen-bond acceptors (Lipinski definition) is 3. The van der Waals surface area contributed by atoms with Gasteiger partial charge < -0.3 is 15.5 Å². The highest BCUT2D eigenvalue weighted by Gasteiger charge is 2.07. The molecule has 0 amide bonds. The van der Waals surface area contributed by atoms with E-state index in [2.05, 4.69) is 32.5 Å². The van der Waals surface area contributed by atoms with Gasteiger partial charge in [0.05, 0.1) is 45.5 Å². The van der Waals surface area contributed by atoms with E-state index in [4.69, 9.17) is 11.0 Å². The molecule has 0 aliphatic heterocycles. The number of hydrogen-bond donors (Lipinski definition) is 2. The van der Waals surface area contributed by atoms with Gasteiger partial charge in [0.1, 0.15) is 6.07 Å². The van der Waals surface area contributed by atoms with Gasteiger partial charge in [-0.25, -0.2) is 0 Å². The van der Waals surface area contributed by atoms with Crippen LogP contribution in [0.25, 0.3) is 0 Å². The van der Waals surface area contributed by atoms with Crippen molar-refractivity contribution in [2.45, 2.75) is 0 Å². The summed E-state index contributed by atoms with van der Waals surface area (Å²) in [5.41, 5.74) is 7.69. The molecule has 0 unspecified atom stereocenters.